The molecule has 1 aliphatic carbocycles. The van der Waals surface area contributed by atoms with E-state index in [2.05, 4.69) is 71.5 Å². The molecule has 0 bridgehead atoms. The average Bonchev–Trinajstić information content (AvgIpc) is 3.05. The van der Waals surface area contributed by atoms with Crippen molar-refractivity contribution in [1.82, 2.24) is 25.4 Å². The molecule has 3 aromatic rings. The first-order chi connectivity index (χ1) is 13.9. The number of aromatic amines is 1. The van der Waals surface area contributed by atoms with Gasteiger partial charge in [0.15, 0.2) is 5.65 Å². The summed E-state index contributed by atoms with van der Waals surface area (Å²) in [7, 11) is 4.10. The van der Waals surface area contributed by atoms with Crippen molar-refractivity contribution in [1.29, 1.82) is 0 Å². The fourth-order valence-corrected chi connectivity index (χ4v) is 4.50. The third kappa shape index (κ3) is 3.65. The summed E-state index contributed by atoms with van der Waals surface area (Å²) in [6.45, 7) is 4.99. The minimum absolute atomic E-state index is 0.0247. The summed E-state index contributed by atoms with van der Waals surface area (Å²) < 4.78 is 0. The van der Waals surface area contributed by atoms with Crippen LogP contribution in [0.1, 0.15) is 25.0 Å². The number of nitrogens with one attached hydrogen (secondary N) is 2. The van der Waals surface area contributed by atoms with Crippen LogP contribution in [0.5, 0.6) is 0 Å². The van der Waals surface area contributed by atoms with E-state index in [0.29, 0.717) is 12.5 Å². The number of nitrogens with zero attached hydrogens (tertiary/aromatic N) is 3. The Hall–Kier alpha value is -2.73. The number of benzene rings is 1. The van der Waals surface area contributed by atoms with Gasteiger partial charge in [-0.2, -0.15) is 5.10 Å². The van der Waals surface area contributed by atoms with Gasteiger partial charge in [0.05, 0.1) is 12.1 Å². The zero-order chi connectivity index (χ0) is 20.6. The second-order valence-electron chi connectivity index (χ2n) is 8.63. The van der Waals surface area contributed by atoms with Crippen LogP contribution in [0.3, 0.4) is 0 Å². The van der Waals surface area contributed by atoms with Crippen LogP contribution >= 0.6 is 0 Å². The molecule has 152 valence electrons. The lowest BCUT2D eigenvalue weighted by molar-refractivity contribution is -0.123. The van der Waals surface area contributed by atoms with Crippen LogP contribution in [0.4, 0.5) is 0 Å². The highest BCUT2D eigenvalue weighted by atomic mass is 16.2. The van der Waals surface area contributed by atoms with Crippen LogP contribution in [-0.2, 0) is 16.6 Å². The Labute approximate surface area is 171 Å². The molecule has 4 rings (SSSR count). The van der Waals surface area contributed by atoms with Crippen molar-refractivity contribution in [3.05, 3.63) is 59.9 Å². The predicted molar refractivity (Wildman–Crippen MR) is 115 cm³/mol. The average molecular weight is 392 g/mol. The Morgan fingerprint density at radius 3 is 2.76 bits per heavy atom. The molecule has 4 atom stereocenters. The third-order valence-corrected chi connectivity index (χ3v) is 6.72. The maximum atomic E-state index is 13.0. The molecule has 1 aromatic carbocycles. The van der Waals surface area contributed by atoms with Crippen LogP contribution in [0.15, 0.2) is 48.8 Å². The van der Waals surface area contributed by atoms with E-state index in [1.807, 2.05) is 24.4 Å². The van der Waals surface area contributed by atoms with Gasteiger partial charge in [-0.15, -0.1) is 0 Å². The zero-order valence-electron chi connectivity index (χ0n) is 17.5. The lowest BCUT2D eigenvalue weighted by Crippen LogP contribution is -2.42. The highest BCUT2D eigenvalue weighted by Gasteiger charge is 2.62. The van der Waals surface area contributed by atoms with Crippen LogP contribution in [0, 0.1) is 11.8 Å². The lowest BCUT2D eigenvalue weighted by Gasteiger charge is -2.25. The van der Waals surface area contributed by atoms with Crippen molar-refractivity contribution >= 4 is 16.9 Å². The molecule has 29 heavy (non-hydrogen) atoms. The normalized spacial score (nSPS) is 24.6. The van der Waals surface area contributed by atoms with Crippen LogP contribution in [0.25, 0.3) is 11.0 Å². The van der Waals surface area contributed by atoms with E-state index in [0.717, 1.165) is 23.0 Å². The number of fused-ring (bicyclic) bond motifs is 1. The second kappa shape index (κ2) is 7.59. The molecule has 1 amide bonds. The Kier molecular flexibility index (Phi) is 5.13. The van der Waals surface area contributed by atoms with E-state index in [4.69, 9.17) is 0 Å². The van der Waals surface area contributed by atoms with E-state index in [9.17, 15) is 4.79 Å². The molecule has 1 unspecified atom stereocenters. The van der Waals surface area contributed by atoms with Crippen molar-refractivity contribution in [2.24, 2.45) is 11.8 Å². The summed E-state index contributed by atoms with van der Waals surface area (Å²) in [5.74, 6) is 0.520. The molecule has 2 N–H and O–H groups in total. The summed E-state index contributed by atoms with van der Waals surface area (Å²) in [6.07, 6.45) is 4.49. The SMILES string of the molecule is C[C@H]1C(C(=O)NC[C@H](Cc2cnc3[nH]ncc3c2)N(C)C)[C@]1(C)c1ccccc1. The fraction of sp³-hybridized carbons (Fsp3) is 0.435. The molecule has 0 saturated heterocycles. The summed E-state index contributed by atoms with van der Waals surface area (Å²) in [5.41, 5.74) is 3.11. The number of H-pyrrole nitrogens is 1. The summed E-state index contributed by atoms with van der Waals surface area (Å²) in [4.78, 5) is 19.6. The molecular formula is C23H29N5O. The van der Waals surface area contributed by atoms with Gasteiger partial charge in [0, 0.05) is 29.6 Å². The van der Waals surface area contributed by atoms with Crippen LogP contribution in [-0.4, -0.2) is 52.7 Å². The maximum Gasteiger partial charge on any atom is 0.224 e. The van der Waals surface area contributed by atoms with Crippen LogP contribution < -0.4 is 5.32 Å². The standard InChI is InChI=1S/C23H29N5O/c1-15-20(23(15,2)18-8-6-5-7-9-18)22(29)25-14-19(28(3)4)11-16-10-17-13-26-27-21(17)24-12-16/h5-10,12-13,15,19-20H,11,14H2,1-4H3,(H,25,29)(H,24,26,27)/t15-,19-,20?,23-/m0/s1. The Morgan fingerprint density at radius 2 is 2.03 bits per heavy atom. The van der Waals surface area contributed by atoms with E-state index >= 15 is 0 Å². The minimum atomic E-state index is -0.0742. The van der Waals surface area contributed by atoms with Gasteiger partial charge in [0.1, 0.15) is 0 Å². The molecule has 1 saturated carbocycles. The first kappa shape index (κ1) is 19.6. The van der Waals surface area contributed by atoms with Crippen molar-refractivity contribution < 1.29 is 4.79 Å². The van der Waals surface area contributed by atoms with Gasteiger partial charge in [-0.05, 0) is 43.6 Å². The minimum Gasteiger partial charge on any atom is -0.354 e. The largest absolute Gasteiger partial charge is 0.354 e. The first-order valence-electron chi connectivity index (χ1n) is 10.2. The zero-order valence-corrected chi connectivity index (χ0v) is 17.5. The lowest BCUT2D eigenvalue weighted by atomic mass is 9.94. The number of likely N-dealkylation sites (N-methyl/N-ethyl adjacent to an activating group) is 1. The fourth-order valence-electron chi connectivity index (χ4n) is 4.50. The number of rotatable bonds is 7. The van der Waals surface area contributed by atoms with Crippen molar-refractivity contribution in [3.8, 4) is 0 Å². The van der Waals surface area contributed by atoms with Gasteiger partial charge < -0.3 is 10.2 Å². The number of pyridine rings is 1. The Balaban J connectivity index is 1.40. The number of carbonyl (C=O) groups is 1. The molecule has 0 radical (unpaired) electrons. The molecule has 1 fully saturated rings. The predicted octanol–water partition coefficient (Wildman–Crippen LogP) is 2.77. The summed E-state index contributed by atoms with van der Waals surface area (Å²) in [5, 5.41) is 11.1. The van der Waals surface area contributed by atoms with Gasteiger partial charge in [0.2, 0.25) is 5.91 Å². The molecular weight excluding hydrogens is 362 g/mol. The van der Waals surface area contributed by atoms with Crippen molar-refractivity contribution in [3.63, 3.8) is 0 Å². The van der Waals surface area contributed by atoms with Crippen molar-refractivity contribution in [2.45, 2.75) is 31.7 Å². The van der Waals surface area contributed by atoms with E-state index in [1.165, 1.54) is 5.56 Å². The molecule has 0 aliphatic heterocycles. The van der Waals surface area contributed by atoms with Gasteiger partial charge >= 0.3 is 0 Å². The summed E-state index contributed by atoms with van der Waals surface area (Å²) >= 11 is 0. The number of aromatic nitrogens is 3. The molecule has 1 aliphatic rings. The van der Waals surface area contributed by atoms with Gasteiger partial charge in [-0.1, -0.05) is 44.2 Å². The number of hydrogen-bond acceptors (Lipinski definition) is 4. The molecule has 6 nitrogen and oxygen atoms in total. The number of carbonyl (C=O) groups excluding carboxylic acids is 1. The quantitative estimate of drug-likeness (QED) is 0.650. The first-order valence-corrected chi connectivity index (χ1v) is 10.2. The van der Waals surface area contributed by atoms with Gasteiger partial charge in [0.25, 0.3) is 0 Å². The Bertz CT molecular complexity index is 999. The number of amides is 1. The molecule has 6 heteroatoms. The van der Waals surface area contributed by atoms with E-state index < -0.39 is 0 Å². The topological polar surface area (TPSA) is 73.9 Å². The van der Waals surface area contributed by atoms with Crippen LogP contribution in [0.2, 0.25) is 0 Å². The third-order valence-electron chi connectivity index (χ3n) is 6.72. The van der Waals surface area contributed by atoms with Gasteiger partial charge in [-0.3, -0.25) is 9.89 Å². The maximum absolute atomic E-state index is 13.0. The van der Waals surface area contributed by atoms with Crippen molar-refractivity contribution in [2.75, 3.05) is 20.6 Å². The summed E-state index contributed by atoms with van der Waals surface area (Å²) in [6, 6.07) is 12.7. The highest BCUT2D eigenvalue weighted by Crippen LogP contribution is 2.59. The second-order valence-corrected chi connectivity index (χ2v) is 8.63. The Morgan fingerprint density at radius 1 is 1.28 bits per heavy atom. The molecule has 2 aromatic heterocycles. The number of hydrogen-bond donors (Lipinski definition) is 2. The van der Waals surface area contributed by atoms with E-state index in [-0.39, 0.29) is 23.3 Å². The molecule has 2 heterocycles. The smallest absolute Gasteiger partial charge is 0.224 e. The van der Waals surface area contributed by atoms with Gasteiger partial charge in [-0.25, -0.2) is 4.98 Å². The monoisotopic (exact) mass is 391 g/mol. The highest BCUT2D eigenvalue weighted by molar-refractivity contribution is 5.85. The van der Waals surface area contributed by atoms with E-state index in [1.54, 1.807) is 6.20 Å². The molecule has 0 spiro atoms.